The third kappa shape index (κ3) is 2.60. The summed E-state index contributed by atoms with van der Waals surface area (Å²) in [6, 6.07) is 22.0. The van der Waals surface area contributed by atoms with Crippen LogP contribution in [-0.2, 0) is 12.4 Å². The average molecular weight is 468 g/mol. The predicted octanol–water partition coefficient (Wildman–Crippen LogP) is 5.06. The number of halogens is 6. The highest BCUT2D eigenvalue weighted by molar-refractivity contribution is 7.24. The van der Waals surface area contributed by atoms with E-state index in [0.717, 1.165) is 45.8 Å². The third-order valence-electron chi connectivity index (χ3n) is 6.74. The van der Waals surface area contributed by atoms with Crippen LogP contribution in [0.5, 0.6) is 0 Å². The van der Waals surface area contributed by atoms with Crippen LogP contribution in [0.25, 0.3) is 22.3 Å². The smallest absolute Gasteiger partial charge is 0.166 e. The molecule has 4 aromatic rings. The molecule has 164 valence electrons. The molecule has 0 bridgehead atoms. The van der Waals surface area contributed by atoms with E-state index in [2.05, 4.69) is 0 Å². The summed E-state index contributed by atoms with van der Waals surface area (Å²) in [5.41, 5.74) is 1.30. The van der Waals surface area contributed by atoms with Gasteiger partial charge in [-0.25, -0.2) is 0 Å². The normalized spacial score (nSPS) is 15.2. The summed E-state index contributed by atoms with van der Waals surface area (Å²) in [6.07, 6.45) is -9.12. The van der Waals surface area contributed by atoms with Gasteiger partial charge in [-0.3, -0.25) is 0 Å². The first-order valence-electron chi connectivity index (χ1n) is 10.3. The number of hydrogen-bond donors (Lipinski definition) is 0. The van der Waals surface area contributed by atoms with Crippen molar-refractivity contribution in [3.8, 4) is 22.3 Å². The Balaban J connectivity index is 1.80. The standard InChI is InChI=1S/C26H14F6Si/c27-25(28,29)15-9-11-19-17-5-1-3-7-21(17)33(23(19)13-15)22-8-4-2-6-18(22)20-12-10-16(14-24(20)33)26(30,31)32/h1-14H. The number of fused-ring (bicyclic) bond motifs is 10. The second kappa shape index (κ2) is 6.38. The maximum atomic E-state index is 13.7. The maximum Gasteiger partial charge on any atom is 0.416 e. The zero-order valence-electron chi connectivity index (χ0n) is 16.9. The molecule has 0 fully saturated rings. The molecule has 0 aromatic heterocycles. The Bertz CT molecular complexity index is 1340. The van der Waals surface area contributed by atoms with Gasteiger partial charge in [0.25, 0.3) is 0 Å². The van der Waals surface area contributed by atoms with Crippen LogP contribution < -0.4 is 20.7 Å². The van der Waals surface area contributed by atoms with Crippen molar-refractivity contribution in [3.63, 3.8) is 0 Å². The first-order chi connectivity index (χ1) is 15.6. The first kappa shape index (κ1) is 20.3. The van der Waals surface area contributed by atoms with Crippen molar-refractivity contribution in [2.75, 3.05) is 0 Å². The van der Waals surface area contributed by atoms with E-state index in [0.29, 0.717) is 21.5 Å². The molecule has 0 N–H and O–H groups in total. The van der Waals surface area contributed by atoms with Crippen LogP contribution in [0.15, 0.2) is 84.9 Å². The van der Waals surface area contributed by atoms with Crippen molar-refractivity contribution in [2.24, 2.45) is 0 Å². The van der Waals surface area contributed by atoms with E-state index < -0.39 is 31.6 Å². The average Bonchev–Trinajstić information content (AvgIpc) is 3.24. The molecular weight excluding hydrogens is 454 g/mol. The molecule has 2 heterocycles. The van der Waals surface area contributed by atoms with Gasteiger partial charge in [-0.15, -0.1) is 0 Å². The van der Waals surface area contributed by atoms with Crippen molar-refractivity contribution in [1.29, 1.82) is 0 Å². The molecule has 1 spiro atoms. The molecule has 0 unspecified atom stereocenters. The summed E-state index contributed by atoms with van der Waals surface area (Å²) in [6.45, 7) is 0. The fraction of sp³-hybridized carbons (Fsp3) is 0.0769. The molecule has 0 amide bonds. The number of alkyl halides is 6. The minimum atomic E-state index is -4.56. The van der Waals surface area contributed by atoms with Crippen LogP contribution in [0.1, 0.15) is 11.1 Å². The van der Waals surface area contributed by atoms with Gasteiger partial charge >= 0.3 is 12.4 Å². The second-order valence-electron chi connectivity index (χ2n) is 8.36. The SMILES string of the molecule is FC(F)(F)c1ccc2c(c1)[Si]1(c3ccccc3-2)c2ccccc2-c2ccc(C(F)(F)F)cc21. The molecule has 2 aliphatic heterocycles. The van der Waals surface area contributed by atoms with Gasteiger partial charge in [-0.05, 0) is 67.3 Å². The van der Waals surface area contributed by atoms with E-state index in [1.807, 2.05) is 36.4 Å². The zero-order valence-corrected chi connectivity index (χ0v) is 17.9. The summed E-state index contributed by atoms with van der Waals surface area (Å²) in [5, 5.41) is 2.63. The minimum Gasteiger partial charge on any atom is -0.166 e. The fourth-order valence-corrected chi connectivity index (χ4v) is 11.2. The predicted molar refractivity (Wildman–Crippen MR) is 118 cm³/mol. The summed E-state index contributed by atoms with van der Waals surface area (Å²) in [4.78, 5) is 0. The van der Waals surface area contributed by atoms with Crippen molar-refractivity contribution >= 4 is 28.8 Å². The largest absolute Gasteiger partial charge is 0.416 e. The van der Waals surface area contributed by atoms with Crippen LogP contribution in [-0.4, -0.2) is 8.07 Å². The molecule has 0 aliphatic carbocycles. The molecule has 0 atom stereocenters. The van der Waals surface area contributed by atoms with Crippen molar-refractivity contribution in [3.05, 3.63) is 96.1 Å². The van der Waals surface area contributed by atoms with E-state index >= 15 is 0 Å². The monoisotopic (exact) mass is 468 g/mol. The molecule has 6 rings (SSSR count). The number of benzene rings is 4. The van der Waals surface area contributed by atoms with Gasteiger partial charge in [0.05, 0.1) is 11.1 Å². The highest BCUT2D eigenvalue weighted by atomic mass is 28.3. The molecular formula is C26H14F6Si. The quantitative estimate of drug-likeness (QED) is 0.216. The maximum absolute atomic E-state index is 13.7. The number of rotatable bonds is 0. The van der Waals surface area contributed by atoms with Gasteiger partial charge in [-0.2, -0.15) is 26.3 Å². The lowest BCUT2D eigenvalue weighted by Gasteiger charge is -2.28. The van der Waals surface area contributed by atoms with Crippen LogP contribution >= 0.6 is 0 Å². The number of hydrogen-bond acceptors (Lipinski definition) is 0. The Morgan fingerprint density at radius 2 is 0.788 bits per heavy atom. The minimum absolute atomic E-state index is 0.490. The Kier molecular flexibility index (Phi) is 3.92. The Labute approximate surface area is 186 Å². The van der Waals surface area contributed by atoms with Crippen molar-refractivity contribution < 1.29 is 26.3 Å². The molecule has 2 aliphatic rings. The van der Waals surface area contributed by atoms with E-state index in [9.17, 15) is 26.3 Å². The first-order valence-corrected chi connectivity index (χ1v) is 12.3. The van der Waals surface area contributed by atoms with E-state index in [1.54, 1.807) is 12.1 Å². The van der Waals surface area contributed by atoms with E-state index in [1.165, 1.54) is 12.1 Å². The molecule has 33 heavy (non-hydrogen) atoms. The Hall–Kier alpha value is -3.32. The molecule has 0 radical (unpaired) electrons. The van der Waals surface area contributed by atoms with Crippen LogP contribution in [0.3, 0.4) is 0 Å². The van der Waals surface area contributed by atoms with Gasteiger partial charge in [-0.1, -0.05) is 60.7 Å². The van der Waals surface area contributed by atoms with E-state index in [-0.39, 0.29) is 0 Å². The lowest BCUT2D eigenvalue weighted by Crippen LogP contribution is -2.71. The van der Waals surface area contributed by atoms with Crippen LogP contribution in [0.4, 0.5) is 26.3 Å². The van der Waals surface area contributed by atoms with Crippen molar-refractivity contribution in [1.82, 2.24) is 0 Å². The lowest BCUT2D eigenvalue weighted by molar-refractivity contribution is -0.138. The van der Waals surface area contributed by atoms with Crippen molar-refractivity contribution in [2.45, 2.75) is 12.4 Å². The molecule has 0 nitrogen and oxygen atoms in total. The molecule has 4 aromatic carbocycles. The Morgan fingerprint density at radius 3 is 1.18 bits per heavy atom. The molecule has 0 saturated carbocycles. The van der Waals surface area contributed by atoms with Gasteiger partial charge < -0.3 is 0 Å². The summed E-state index contributed by atoms with van der Waals surface area (Å²) in [5.74, 6) is 0. The third-order valence-corrected chi connectivity index (χ3v) is 11.7. The summed E-state index contributed by atoms with van der Waals surface area (Å²) >= 11 is 0. The summed E-state index contributed by atoms with van der Waals surface area (Å²) < 4.78 is 82.4. The van der Waals surface area contributed by atoms with Crippen LogP contribution in [0.2, 0.25) is 0 Å². The van der Waals surface area contributed by atoms with Gasteiger partial charge in [0.15, 0.2) is 8.07 Å². The second-order valence-corrected chi connectivity index (χ2v) is 12.0. The van der Waals surface area contributed by atoms with E-state index in [4.69, 9.17) is 0 Å². The Morgan fingerprint density at radius 1 is 0.424 bits per heavy atom. The lowest BCUT2D eigenvalue weighted by atomic mass is 10.0. The van der Waals surface area contributed by atoms with Gasteiger partial charge in [0.2, 0.25) is 0 Å². The summed E-state index contributed by atoms with van der Waals surface area (Å²) in [7, 11) is -3.37. The van der Waals surface area contributed by atoms with Gasteiger partial charge in [0.1, 0.15) is 0 Å². The highest BCUT2D eigenvalue weighted by Gasteiger charge is 2.55. The molecule has 7 heteroatoms. The topological polar surface area (TPSA) is 0 Å². The molecule has 0 saturated heterocycles. The van der Waals surface area contributed by atoms with Crippen LogP contribution in [0, 0.1) is 0 Å². The highest BCUT2D eigenvalue weighted by Crippen LogP contribution is 2.39. The zero-order chi connectivity index (χ0) is 23.2. The van der Waals surface area contributed by atoms with Gasteiger partial charge in [0, 0.05) is 0 Å². The fourth-order valence-electron chi connectivity index (χ4n) is 5.49.